The predicted molar refractivity (Wildman–Crippen MR) is 136 cm³/mol. The van der Waals surface area contributed by atoms with Gasteiger partial charge in [-0.05, 0) is 56.6 Å². The molecule has 3 rings (SSSR count). The van der Waals surface area contributed by atoms with Crippen LogP contribution in [-0.2, 0) is 15.6 Å². The lowest BCUT2D eigenvalue weighted by atomic mass is 9.78. The summed E-state index contributed by atoms with van der Waals surface area (Å²) in [5, 5.41) is 14.3. The van der Waals surface area contributed by atoms with Gasteiger partial charge < -0.3 is 14.7 Å². The lowest BCUT2D eigenvalue weighted by Gasteiger charge is -2.32. The minimum atomic E-state index is -0.472. The summed E-state index contributed by atoms with van der Waals surface area (Å²) in [5.41, 5.74) is 3.09. The van der Waals surface area contributed by atoms with Gasteiger partial charge in [-0.25, -0.2) is 9.78 Å². The van der Waals surface area contributed by atoms with Crippen molar-refractivity contribution in [2.75, 3.05) is 13.1 Å². The first kappa shape index (κ1) is 25.5. The highest BCUT2D eigenvalue weighted by Gasteiger charge is 2.30. The van der Waals surface area contributed by atoms with E-state index in [4.69, 9.17) is 9.72 Å². The van der Waals surface area contributed by atoms with E-state index >= 15 is 0 Å². The molecule has 1 aliphatic rings. The number of hydrogen-bond donors (Lipinski definition) is 1. The summed E-state index contributed by atoms with van der Waals surface area (Å²) >= 11 is 1.69. The van der Waals surface area contributed by atoms with E-state index in [1.807, 2.05) is 25.7 Å². The van der Waals surface area contributed by atoms with Crippen molar-refractivity contribution >= 4 is 17.4 Å². The first-order chi connectivity index (χ1) is 15.1. The fraction of sp³-hybridized carbons (Fsp3) is 0.630. The second-order valence-corrected chi connectivity index (χ2v) is 13.1. The van der Waals surface area contributed by atoms with E-state index in [2.05, 4.69) is 59.1 Å². The number of carbonyl (C=O) groups is 1. The Hall–Kier alpha value is -2.08. The van der Waals surface area contributed by atoms with Gasteiger partial charge in [-0.2, -0.15) is 0 Å². The van der Waals surface area contributed by atoms with E-state index in [-0.39, 0.29) is 16.9 Å². The van der Waals surface area contributed by atoms with Crippen LogP contribution >= 0.6 is 11.3 Å². The molecule has 6 heteroatoms. The summed E-state index contributed by atoms with van der Waals surface area (Å²) in [6.45, 7) is 19.8. The summed E-state index contributed by atoms with van der Waals surface area (Å²) < 4.78 is 5.52. The third-order valence-corrected chi connectivity index (χ3v) is 7.05. The lowest BCUT2D eigenvalue weighted by Crippen LogP contribution is -2.41. The first-order valence-corrected chi connectivity index (χ1v) is 12.8. The van der Waals surface area contributed by atoms with Gasteiger partial charge in [0.2, 0.25) is 0 Å². The lowest BCUT2D eigenvalue weighted by molar-refractivity contribution is 0.0205. The zero-order valence-corrected chi connectivity index (χ0v) is 22.5. The van der Waals surface area contributed by atoms with E-state index < -0.39 is 5.60 Å². The molecular weight excluding hydrogens is 432 g/mol. The van der Waals surface area contributed by atoms with Gasteiger partial charge in [-0.3, -0.25) is 0 Å². The van der Waals surface area contributed by atoms with E-state index in [1.165, 1.54) is 0 Å². The average molecular weight is 473 g/mol. The monoisotopic (exact) mass is 472 g/mol. The second-order valence-electron chi connectivity index (χ2n) is 12.2. The molecule has 182 valence electrons. The molecule has 5 nitrogen and oxygen atoms in total. The zero-order chi connectivity index (χ0) is 24.8. The predicted octanol–water partition coefficient (Wildman–Crippen LogP) is 7.23. The Morgan fingerprint density at radius 2 is 1.52 bits per heavy atom. The number of hydrogen-bond acceptors (Lipinski definition) is 5. The highest BCUT2D eigenvalue weighted by molar-refractivity contribution is 7.10. The Balaban J connectivity index is 1.82. The quantitative estimate of drug-likeness (QED) is 0.501. The number of phenols is 1. The van der Waals surface area contributed by atoms with E-state index in [1.54, 1.807) is 11.3 Å². The number of ether oxygens (including phenoxy) is 1. The normalized spacial score (nSPS) is 16.2. The minimum absolute atomic E-state index is 0.173. The van der Waals surface area contributed by atoms with Crippen LogP contribution in [0.1, 0.15) is 97.2 Å². The number of phenolic OH excluding ortho intramolecular Hbond substituents is 1. The molecule has 0 atom stereocenters. The number of likely N-dealkylation sites (tertiary alicyclic amines) is 1. The third kappa shape index (κ3) is 6.08. The van der Waals surface area contributed by atoms with Crippen LogP contribution in [0, 0.1) is 0 Å². The van der Waals surface area contributed by atoms with Crippen LogP contribution in [0.5, 0.6) is 5.75 Å². The van der Waals surface area contributed by atoms with Crippen molar-refractivity contribution in [2.45, 2.75) is 97.5 Å². The van der Waals surface area contributed by atoms with Crippen LogP contribution in [-0.4, -0.2) is 39.8 Å². The molecule has 0 radical (unpaired) electrons. The summed E-state index contributed by atoms with van der Waals surface area (Å²) in [4.78, 5) is 19.2. The van der Waals surface area contributed by atoms with Gasteiger partial charge in [0, 0.05) is 41.1 Å². The Kier molecular flexibility index (Phi) is 6.92. The van der Waals surface area contributed by atoms with Crippen molar-refractivity contribution in [1.82, 2.24) is 9.88 Å². The van der Waals surface area contributed by atoms with Crippen LogP contribution in [0.25, 0.3) is 11.3 Å². The van der Waals surface area contributed by atoms with Crippen molar-refractivity contribution < 1.29 is 14.6 Å². The molecule has 33 heavy (non-hydrogen) atoms. The molecule has 1 saturated heterocycles. The highest BCUT2D eigenvalue weighted by Crippen LogP contribution is 2.42. The molecule has 2 aromatic rings. The number of benzene rings is 1. The molecule has 1 amide bonds. The topological polar surface area (TPSA) is 62.7 Å². The molecule has 0 bridgehead atoms. The number of nitrogens with zero attached hydrogens (tertiary/aromatic N) is 2. The maximum absolute atomic E-state index is 12.4. The number of piperidine rings is 1. The van der Waals surface area contributed by atoms with Gasteiger partial charge in [0.25, 0.3) is 0 Å². The Morgan fingerprint density at radius 3 is 1.97 bits per heavy atom. The number of aromatic nitrogens is 1. The molecule has 0 aliphatic carbocycles. The number of rotatable bonds is 2. The molecule has 1 aromatic heterocycles. The fourth-order valence-corrected chi connectivity index (χ4v) is 5.17. The molecular formula is C27H40N2O3S. The first-order valence-electron chi connectivity index (χ1n) is 11.9. The molecule has 1 N–H and O–H groups in total. The summed E-state index contributed by atoms with van der Waals surface area (Å²) in [7, 11) is 0. The Morgan fingerprint density at radius 1 is 1.00 bits per heavy atom. The molecule has 0 unspecified atom stereocenters. The highest BCUT2D eigenvalue weighted by atomic mass is 32.1. The van der Waals surface area contributed by atoms with Gasteiger partial charge in [0.05, 0.1) is 10.7 Å². The maximum atomic E-state index is 12.4. The summed E-state index contributed by atoms with van der Waals surface area (Å²) in [6, 6.07) is 4.18. The zero-order valence-electron chi connectivity index (χ0n) is 21.7. The van der Waals surface area contributed by atoms with Crippen molar-refractivity contribution in [1.29, 1.82) is 0 Å². The second kappa shape index (κ2) is 8.94. The van der Waals surface area contributed by atoms with Crippen molar-refractivity contribution in [2.24, 2.45) is 0 Å². The smallest absolute Gasteiger partial charge is 0.410 e. The van der Waals surface area contributed by atoms with Gasteiger partial charge in [0.1, 0.15) is 11.4 Å². The largest absolute Gasteiger partial charge is 0.507 e. The van der Waals surface area contributed by atoms with Crippen molar-refractivity contribution in [3.05, 3.63) is 33.6 Å². The summed E-state index contributed by atoms with van der Waals surface area (Å²) in [6.07, 6.45) is 1.55. The van der Waals surface area contributed by atoms with Crippen LogP contribution in [0.4, 0.5) is 4.79 Å². The number of thiazole rings is 1. The molecule has 1 aliphatic heterocycles. The SMILES string of the molecule is CC(C)(C)OC(=O)N1CCC(c2nc(-c3cc(C(C)(C)C)c(O)c(C(C)(C)C)c3)cs2)CC1. The van der Waals surface area contributed by atoms with Crippen LogP contribution in [0.15, 0.2) is 17.5 Å². The Labute approximate surface area is 203 Å². The maximum Gasteiger partial charge on any atom is 0.410 e. The van der Waals surface area contributed by atoms with Gasteiger partial charge in [-0.15, -0.1) is 11.3 Å². The van der Waals surface area contributed by atoms with Crippen LogP contribution in [0.3, 0.4) is 0 Å². The fourth-order valence-electron chi connectivity index (χ4n) is 4.17. The van der Waals surface area contributed by atoms with Crippen LogP contribution < -0.4 is 0 Å². The van der Waals surface area contributed by atoms with Gasteiger partial charge in [-0.1, -0.05) is 41.5 Å². The number of aromatic hydroxyl groups is 1. The molecule has 0 saturated carbocycles. The van der Waals surface area contributed by atoms with E-state index in [0.29, 0.717) is 24.8 Å². The van der Waals surface area contributed by atoms with Crippen molar-refractivity contribution in [3.63, 3.8) is 0 Å². The molecule has 0 spiro atoms. The van der Waals surface area contributed by atoms with E-state index in [9.17, 15) is 9.90 Å². The van der Waals surface area contributed by atoms with Crippen molar-refractivity contribution in [3.8, 4) is 17.0 Å². The standard InChI is InChI=1S/C27H40N2O3S/c1-25(2,3)19-14-18(15-20(22(19)30)26(4,5)6)21-16-33-23(28-21)17-10-12-29(13-11-17)24(31)32-27(7,8)9/h14-17,30H,10-13H2,1-9H3. The minimum Gasteiger partial charge on any atom is -0.507 e. The van der Waals surface area contributed by atoms with Gasteiger partial charge >= 0.3 is 6.09 Å². The van der Waals surface area contributed by atoms with Gasteiger partial charge in [0.15, 0.2) is 0 Å². The Bertz CT molecular complexity index is 963. The van der Waals surface area contributed by atoms with E-state index in [0.717, 1.165) is 40.2 Å². The third-order valence-electron chi connectivity index (χ3n) is 6.04. The molecule has 1 aromatic carbocycles. The average Bonchev–Trinajstić information content (AvgIpc) is 3.15. The molecule has 2 heterocycles. The number of carbonyl (C=O) groups excluding carboxylic acids is 1. The summed E-state index contributed by atoms with van der Waals surface area (Å²) in [5.74, 6) is 0.743. The van der Waals surface area contributed by atoms with Crippen LogP contribution in [0.2, 0.25) is 0 Å². The number of amides is 1. The molecule has 1 fully saturated rings.